The average Bonchev–Trinajstić information content (AvgIpc) is 3.04. The minimum absolute atomic E-state index is 0.179. The number of esters is 1. The van der Waals surface area contributed by atoms with Crippen LogP contribution in [-0.2, 0) is 39.8 Å². The number of methoxy groups -OCH3 is 1. The van der Waals surface area contributed by atoms with Crippen LogP contribution < -0.4 is 0 Å². The maximum absolute atomic E-state index is 11.6. The number of fused-ring (bicyclic) bond motifs is 3. The quantitative estimate of drug-likeness (QED) is 0.508. The van der Waals surface area contributed by atoms with E-state index in [4.69, 9.17) is 28.4 Å². The lowest BCUT2D eigenvalue weighted by Gasteiger charge is -2.48. The molecule has 0 spiro atoms. The van der Waals surface area contributed by atoms with Gasteiger partial charge in [0.05, 0.1) is 39.0 Å². The molecule has 0 saturated carbocycles. The summed E-state index contributed by atoms with van der Waals surface area (Å²) in [5, 5.41) is 11.1. The molecule has 8 heteroatoms. The van der Waals surface area contributed by atoms with Gasteiger partial charge in [-0.1, -0.05) is 30.3 Å². The van der Waals surface area contributed by atoms with Crippen LogP contribution in [0.1, 0.15) is 31.2 Å². The smallest absolute Gasteiger partial charge is 0.308 e. The average molecular weight is 434 g/mol. The van der Waals surface area contributed by atoms with E-state index in [1.54, 1.807) is 0 Å². The van der Waals surface area contributed by atoms with E-state index in [9.17, 15) is 9.90 Å². The SMILES string of the molecule is COC(=O)CC1CC[C@@H]2O[C@@H]3[C@H]4OC(CCOCc5ccccc5)(CO[C@H]4[C@H]2O1)[C@@H]3O. The molecular formula is C23H30O8. The first-order chi connectivity index (χ1) is 15.1. The molecular weight excluding hydrogens is 404 g/mol. The van der Waals surface area contributed by atoms with Crippen molar-refractivity contribution in [2.45, 2.75) is 80.6 Å². The molecule has 31 heavy (non-hydrogen) atoms. The zero-order valence-electron chi connectivity index (χ0n) is 17.7. The molecule has 8 atom stereocenters. The number of aliphatic hydroxyl groups is 1. The van der Waals surface area contributed by atoms with E-state index in [2.05, 4.69) is 0 Å². The van der Waals surface area contributed by atoms with Gasteiger partial charge in [-0.2, -0.15) is 0 Å². The van der Waals surface area contributed by atoms with Crippen LogP contribution in [0.25, 0.3) is 0 Å². The fraction of sp³-hybridized carbons (Fsp3) is 0.696. The minimum atomic E-state index is -0.832. The van der Waals surface area contributed by atoms with Crippen molar-refractivity contribution < 1.29 is 38.3 Å². The Balaban J connectivity index is 1.20. The zero-order valence-corrected chi connectivity index (χ0v) is 17.7. The van der Waals surface area contributed by atoms with E-state index >= 15 is 0 Å². The number of rotatable bonds is 7. The number of carbonyl (C=O) groups excluding carboxylic acids is 1. The summed E-state index contributed by atoms with van der Waals surface area (Å²) in [6, 6.07) is 9.98. The van der Waals surface area contributed by atoms with Crippen molar-refractivity contribution in [3.05, 3.63) is 35.9 Å². The lowest BCUT2D eigenvalue weighted by Crippen LogP contribution is -2.62. The van der Waals surface area contributed by atoms with Crippen molar-refractivity contribution in [1.29, 1.82) is 0 Å². The summed E-state index contributed by atoms with van der Waals surface area (Å²) in [4.78, 5) is 11.6. The van der Waals surface area contributed by atoms with Gasteiger partial charge in [-0.3, -0.25) is 4.79 Å². The van der Waals surface area contributed by atoms with Gasteiger partial charge >= 0.3 is 5.97 Å². The first-order valence-corrected chi connectivity index (χ1v) is 11.1. The minimum Gasteiger partial charge on any atom is -0.469 e. The third-order valence-electron chi connectivity index (χ3n) is 6.94. The molecule has 0 radical (unpaired) electrons. The maximum Gasteiger partial charge on any atom is 0.308 e. The normalized spacial score (nSPS) is 40.9. The Hall–Kier alpha value is -1.55. The monoisotopic (exact) mass is 434 g/mol. The maximum atomic E-state index is 11.6. The van der Waals surface area contributed by atoms with Crippen molar-refractivity contribution in [2.75, 3.05) is 20.3 Å². The highest BCUT2D eigenvalue weighted by molar-refractivity contribution is 5.69. The van der Waals surface area contributed by atoms with Gasteiger partial charge in [0, 0.05) is 13.0 Å². The van der Waals surface area contributed by atoms with Crippen LogP contribution in [0, 0.1) is 0 Å². The van der Waals surface area contributed by atoms with E-state index in [-0.39, 0.29) is 43.4 Å². The second-order valence-corrected chi connectivity index (χ2v) is 8.88. The molecule has 1 aromatic carbocycles. The Morgan fingerprint density at radius 1 is 1.13 bits per heavy atom. The molecule has 5 rings (SSSR count). The van der Waals surface area contributed by atoms with Gasteiger partial charge < -0.3 is 33.5 Å². The largest absolute Gasteiger partial charge is 0.469 e. The Labute approximate surface area is 181 Å². The van der Waals surface area contributed by atoms with Gasteiger partial charge in [0.15, 0.2) is 0 Å². The van der Waals surface area contributed by atoms with E-state index in [0.29, 0.717) is 26.1 Å². The Kier molecular flexibility index (Phi) is 6.02. The molecule has 2 unspecified atom stereocenters. The highest BCUT2D eigenvalue weighted by Crippen LogP contribution is 2.48. The molecule has 4 saturated heterocycles. The fourth-order valence-corrected chi connectivity index (χ4v) is 5.26. The number of hydrogen-bond donors (Lipinski definition) is 1. The molecule has 4 aliphatic heterocycles. The summed E-state index contributed by atoms with van der Waals surface area (Å²) < 4.78 is 35.6. The molecule has 8 nitrogen and oxygen atoms in total. The molecule has 170 valence electrons. The Morgan fingerprint density at radius 3 is 2.77 bits per heavy atom. The van der Waals surface area contributed by atoms with Crippen LogP contribution >= 0.6 is 0 Å². The summed E-state index contributed by atoms with van der Waals surface area (Å²) in [5.74, 6) is -0.287. The molecule has 4 fully saturated rings. The standard InChI is InChI=1S/C23H30O8/c1-26-17(24)11-15-7-8-16-18(29-15)19-20-21(30-16)22(25)23(31-20,13-28-19)9-10-27-12-14-5-3-2-4-6-14/h2-6,15-16,18-22,25H,7-13H2,1H3/t15?,16-,18-,19-,20-,21+,22+,23?/m0/s1. The predicted octanol–water partition coefficient (Wildman–Crippen LogP) is 1.37. The lowest BCUT2D eigenvalue weighted by molar-refractivity contribution is -0.297. The highest BCUT2D eigenvalue weighted by Gasteiger charge is 2.66. The summed E-state index contributed by atoms with van der Waals surface area (Å²) in [6.45, 7) is 1.22. The summed E-state index contributed by atoms with van der Waals surface area (Å²) in [6.07, 6.45) is -0.468. The fourth-order valence-electron chi connectivity index (χ4n) is 5.26. The third kappa shape index (κ3) is 4.01. The van der Waals surface area contributed by atoms with Gasteiger partial charge in [0.2, 0.25) is 0 Å². The van der Waals surface area contributed by atoms with E-state index in [1.807, 2.05) is 30.3 Å². The van der Waals surface area contributed by atoms with Gasteiger partial charge in [-0.25, -0.2) is 0 Å². The molecule has 1 aromatic rings. The Morgan fingerprint density at radius 2 is 1.97 bits per heavy atom. The second kappa shape index (κ2) is 8.77. The highest BCUT2D eigenvalue weighted by atomic mass is 16.7. The van der Waals surface area contributed by atoms with Crippen LogP contribution in [0.5, 0.6) is 0 Å². The van der Waals surface area contributed by atoms with Gasteiger partial charge in [0.1, 0.15) is 36.1 Å². The van der Waals surface area contributed by atoms with Crippen molar-refractivity contribution in [3.8, 4) is 0 Å². The van der Waals surface area contributed by atoms with Crippen LogP contribution in [0.4, 0.5) is 0 Å². The molecule has 2 bridgehead atoms. The predicted molar refractivity (Wildman–Crippen MR) is 107 cm³/mol. The van der Waals surface area contributed by atoms with Crippen LogP contribution in [0.15, 0.2) is 30.3 Å². The molecule has 4 aliphatic rings. The van der Waals surface area contributed by atoms with Crippen molar-refractivity contribution in [3.63, 3.8) is 0 Å². The topological polar surface area (TPSA) is 92.7 Å². The number of ether oxygens (including phenoxy) is 6. The van der Waals surface area contributed by atoms with Gasteiger partial charge in [0.25, 0.3) is 0 Å². The molecule has 0 aliphatic carbocycles. The summed E-state index contributed by atoms with van der Waals surface area (Å²) in [5.41, 5.74) is 0.272. The van der Waals surface area contributed by atoms with Crippen LogP contribution in [-0.4, -0.2) is 79.7 Å². The zero-order chi connectivity index (χ0) is 21.4. The first kappa shape index (κ1) is 21.3. The number of benzene rings is 1. The summed E-state index contributed by atoms with van der Waals surface area (Å²) >= 11 is 0. The molecule has 4 heterocycles. The Bertz CT molecular complexity index is 772. The van der Waals surface area contributed by atoms with E-state index < -0.39 is 23.9 Å². The van der Waals surface area contributed by atoms with E-state index in [0.717, 1.165) is 12.0 Å². The van der Waals surface area contributed by atoms with Crippen LogP contribution in [0.2, 0.25) is 0 Å². The lowest BCUT2D eigenvalue weighted by atomic mass is 9.87. The third-order valence-corrected chi connectivity index (χ3v) is 6.94. The van der Waals surface area contributed by atoms with Crippen molar-refractivity contribution in [2.24, 2.45) is 0 Å². The first-order valence-electron chi connectivity index (χ1n) is 11.1. The van der Waals surface area contributed by atoms with E-state index in [1.165, 1.54) is 7.11 Å². The number of hydrogen-bond acceptors (Lipinski definition) is 8. The van der Waals surface area contributed by atoms with Crippen molar-refractivity contribution in [1.82, 2.24) is 0 Å². The van der Waals surface area contributed by atoms with Gasteiger partial charge in [-0.05, 0) is 18.4 Å². The van der Waals surface area contributed by atoms with Crippen LogP contribution in [0.3, 0.4) is 0 Å². The summed E-state index contributed by atoms with van der Waals surface area (Å²) in [7, 11) is 1.38. The number of carbonyl (C=O) groups is 1. The number of aliphatic hydroxyl groups excluding tert-OH is 1. The second-order valence-electron chi connectivity index (χ2n) is 8.88. The molecule has 0 aromatic heterocycles. The molecule has 1 N–H and O–H groups in total. The molecule has 0 amide bonds. The van der Waals surface area contributed by atoms with Gasteiger partial charge in [-0.15, -0.1) is 0 Å². The van der Waals surface area contributed by atoms with Crippen molar-refractivity contribution >= 4 is 5.97 Å².